The highest BCUT2D eigenvalue weighted by Crippen LogP contribution is 2.39. The number of alkyl halides is 2. The Labute approximate surface area is 150 Å². The Bertz CT molecular complexity index is 996. The van der Waals surface area contributed by atoms with Crippen molar-refractivity contribution in [3.63, 3.8) is 0 Å². The van der Waals surface area contributed by atoms with Gasteiger partial charge in [-0.2, -0.15) is 8.78 Å². The summed E-state index contributed by atoms with van der Waals surface area (Å²) < 4.78 is 32.0. The van der Waals surface area contributed by atoms with Gasteiger partial charge in [-0.3, -0.25) is 0 Å². The molecule has 1 aliphatic rings. The number of benzene rings is 2. The molecule has 3 aromatic rings. The van der Waals surface area contributed by atoms with E-state index in [0.717, 1.165) is 34.3 Å². The van der Waals surface area contributed by atoms with Gasteiger partial charge in [-0.25, -0.2) is 0 Å². The standard InChI is InChI=1S/C21H18F2N2O/c1-2-17-18-10-9-16(26-21(22)23)11-19(18)25(12-13-3-4-13)20(17)14-5-7-15(24)8-6-14/h1,5-11,13,21H,3-4,12,24H2. The second kappa shape index (κ2) is 6.38. The molecular weight excluding hydrogens is 334 g/mol. The molecule has 0 bridgehead atoms. The molecule has 4 rings (SSSR count). The third-order valence-corrected chi connectivity index (χ3v) is 4.73. The van der Waals surface area contributed by atoms with Crippen LogP contribution in [0.1, 0.15) is 18.4 Å². The fraction of sp³-hybridized carbons (Fsp3) is 0.238. The van der Waals surface area contributed by atoms with Crippen molar-refractivity contribution < 1.29 is 13.5 Å². The molecule has 3 nitrogen and oxygen atoms in total. The molecule has 0 spiro atoms. The molecule has 132 valence electrons. The lowest BCUT2D eigenvalue weighted by molar-refractivity contribution is -0.0497. The largest absolute Gasteiger partial charge is 0.435 e. The highest BCUT2D eigenvalue weighted by molar-refractivity contribution is 5.95. The van der Waals surface area contributed by atoms with Crippen LogP contribution in [0, 0.1) is 18.3 Å². The number of fused-ring (bicyclic) bond motifs is 1. The van der Waals surface area contributed by atoms with Crippen molar-refractivity contribution in [2.45, 2.75) is 26.0 Å². The zero-order chi connectivity index (χ0) is 18.3. The van der Waals surface area contributed by atoms with E-state index in [0.29, 0.717) is 11.6 Å². The zero-order valence-corrected chi connectivity index (χ0v) is 14.1. The van der Waals surface area contributed by atoms with Crippen molar-refractivity contribution in [2.75, 3.05) is 5.73 Å². The average molecular weight is 352 g/mol. The summed E-state index contributed by atoms with van der Waals surface area (Å²) >= 11 is 0. The summed E-state index contributed by atoms with van der Waals surface area (Å²) in [6.07, 6.45) is 8.16. The third kappa shape index (κ3) is 2.99. The second-order valence-electron chi connectivity index (χ2n) is 6.60. The molecule has 1 saturated carbocycles. The number of hydrogen-bond donors (Lipinski definition) is 1. The molecule has 0 radical (unpaired) electrons. The van der Waals surface area contributed by atoms with Crippen LogP contribution < -0.4 is 10.5 Å². The highest BCUT2D eigenvalue weighted by Gasteiger charge is 2.26. The van der Waals surface area contributed by atoms with E-state index < -0.39 is 6.61 Å². The molecule has 0 amide bonds. The minimum absolute atomic E-state index is 0.134. The smallest absolute Gasteiger partial charge is 0.387 e. The van der Waals surface area contributed by atoms with Crippen molar-refractivity contribution in [1.29, 1.82) is 0 Å². The number of halogens is 2. The Balaban J connectivity index is 1.95. The van der Waals surface area contributed by atoms with Gasteiger partial charge < -0.3 is 15.0 Å². The molecule has 0 saturated heterocycles. The molecule has 1 aliphatic carbocycles. The molecule has 0 unspecified atom stereocenters. The van der Waals surface area contributed by atoms with Crippen LogP contribution in [0.3, 0.4) is 0 Å². The van der Waals surface area contributed by atoms with Gasteiger partial charge >= 0.3 is 6.61 Å². The lowest BCUT2D eigenvalue weighted by atomic mass is 10.1. The summed E-state index contributed by atoms with van der Waals surface area (Å²) in [6, 6.07) is 12.5. The predicted octanol–water partition coefficient (Wildman–Crippen LogP) is 4.88. The van der Waals surface area contributed by atoms with Gasteiger partial charge in [0.25, 0.3) is 0 Å². The Hall–Kier alpha value is -3.00. The molecule has 5 heteroatoms. The SMILES string of the molecule is C#Cc1c(-c2ccc(N)cc2)n(CC2CC2)c2cc(OC(F)F)ccc12. The number of anilines is 1. The summed E-state index contributed by atoms with van der Waals surface area (Å²) in [5, 5.41) is 0.863. The fourth-order valence-corrected chi connectivity index (χ4v) is 3.34. The van der Waals surface area contributed by atoms with Crippen molar-refractivity contribution in [3.8, 4) is 29.4 Å². The van der Waals surface area contributed by atoms with Crippen LogP contribution in [0.15, 0.2) is 42.5 Å². The van der Waals surface area contributed by atoms with Gasteiger partial charge in [0.15, 0.2) is 0 Å². The number of nitrogens with two attached hydrogens (primary N) is 1. The van der Waals surface area contributed by atoms with Gasteiger partial charge in [0, 0.05) is 23.7 Å². The quantitative estimate of drug-likeness (QED) is 0.525. The van der Waals surface area contributed by atoms with Crippen LogP contribution in [0.5, 0.6) is 5.75 Å². The maximum Gasteiger partial charge on any atom is 0.387 e. The van der Waals surface area contributed by atoms with Crippen molar-refractivity contribution in [2.24, 2.45) is 5.92 Å². The van der Waals surface area contributed by atoms with E-state index in [2.05, 4.69) is 15.2 Å². The van der Waals surface area contributed by atoms with E-state index in [1.165, 1.54) is 18.9 Å². The van der Waals surface area contributed by atoms with Crippen LogP contribution in [0.4, 0.5) is 14.5 Å². The van der Waals surface area contributed by atoms with Crippen LogP contribution in [-0.4, -0.2) is 11.2 Å². The number of ether oxygens (including phenoxy) is 1. The molecule has 2 aromatic carbocycles. The normalized spacial score (nSPS) is 13.9. The van der Waals surface area contributed by atoms with Crippen molar-refractivity contribution in [3.05, 3.63) is 48.0 Å². The lowest BCUT2D eigenvalue weighted by Gasteiger charge is -2.12. The first-order chi connectivity index (χ1) is 12.6. The van der Waals surface area contributed by atoms with Crippen LogP contribution in [0.25, 0.3) is 22.2 Å². The van der Waals surface area contributed by atoms with Gasteiger partial charge in [-0.05, 0) is 48.6 Å². The van der Waals surface area contributed by atoms with Crippen LogP contribution in [0.2, 0.25) is 0 Å². The van der Waals surface area contributed by atoms with Gasteiger partial charge in [0.1, 0.15) is 5.75 Å². The fourth-order valence-electron chi connectivity index (χ4n) is 3.34. The second-order valence-corrected chi connectivity index (χ2v) is 6.60. The van der Waals surface area contributed by atoms with E-state index in [-0.39, 0.29) is 5.75 Å². The molecular formula is C21H18F2N2O. The summed E-state index contributed by atoms with van der Waals surface area (Å²) in [5.41, 5.74) is 9.94. The first-order valence-electron chi connectivity index (χ1n) is 8.50. The van der Waals surface area contributed by atoms with Gasteiger partial charge in [-0.1, -0.05) is 18.1 Å². The minimum Gasteiger partial charge on any atom is -0.435 e. The summed E-state index contributed by atoms with van der Waals surface area (Å²) in [5.74, 6) is 3.51. The number of aromatic nitrogens is 1. The van der Waals surface area contributed by atoms with Crippen LogP contribution in [-0.2, 0) is 6.54 Å². The van der Waals surface area contributed by atoms with Crippen LogP contribution >= 0.6 is 0 Å². The lowest BCUT2D eigenvalue weighted by Crippen LogP contribution is -2.04. The first-order valence-corrected chi connectivity index (χ1v) is 8.50. The Morgan fingerprint density at radius 3 is 2.54 bits per heavy atom. The Morgan fingerprint density at radius 2 is 1.92 bits per heavy atom. The zero-order valence-electron chi connectivity index (χ0n) is 14.1. The van der Waals surface area contributed by atoms with Crippen molar-refractivity contribution >= 4 is 16.6 Å². The molecule has 1 aromatic heterocycles. The minimum atomic E-state index is -2.86. The van der Waals surface area contributed by atoms with Crippen molar-refractivity contribution in [1.82, 2.24) is 4.57 Å². The highest BCUT2D eigenvalue weighted by atomic mass is 19.3. The Kier molecular flexibility index (Phi) is 4.04. The monoisotopic (exact) mass is 352 g/mol. The molecule has 1 fully saturated rings. The molecule has 26 heavy (non-hydrogen) atoms. The van der Waals surface area contributed by atoms with Gasteiger partial charge in [0.05, 0.1) is 16.8 Å². The van der Waals surface area contributed by atoms with Gasteiger partial charge in [0.2, 0.25) is 0 Å². The van der Waals surface area contributed by atoms with E-state index in [9.17, 15) is 8.78 Å². The number of nitrogen functional groups attached to an aromatic ring is 1. The topological polar surface area (TPSA) is 40.2 Å². The molecule has 2 N–H and O–H groups in total. The van der Waals surface area contributed by atoms with E-state index in [1.54, 1.807) is 12.1 Å². The predicted molar refractivity (Wildman–Crippen MR) is 99.1 cm³/mol. The third-order valence-electron chi connectivity index (χ3n) is 4.73. The first kappa shape index (κ1) is 16.5. The number of nitrogens with zero attached hydrogens (tertiary/aromatic N) is 1. The van der Waals surface area contributed by atoms with E-state index in [4.69, 9.17) is 12.2 Å². The number of rotatable bonds is 5. The summed E-state index contributed by atoms with van der Waals surface area (Å²) in [7, 11) is 0. The maximum atomic E-state index is 12.6. The summed E-state index contributed by atoms with van der Waals surface area (Å²) in [6.45, 7) is -2.06. The van der Waals surface area contributed by atoms with Gasteiger partial charge in [-0.15, -0.1) is 6.42 Å². The van der Waals surface area contributed by atoms with E-state index >= 15 is 0 Å². The number of terminal acetylenes is 1. The molecule has 0 aliphatic heterocycles. The average Bonchev–Trinajstić information content (AvgIpc) is 3.38. The molecule has 0 atom stereocenters. The number of hydrogen-bond acceptors (Lipinski definition) is 2. The molecule has 1 heterocycles. The maximum absolute atomic E-state index is 12.6. The summed E-state index contributed by atoms with van der Waals surface area (Å²) in [4.78, 5) is 0. The van der Waals surface area contributed by atoms with E-state index in [1.807, 2.05) is 24.3 Å². The Morgan fingerprint density at radius 1 is 1.19 bits per heavy atom.